The van der Waals surface area contributed by atoms with Gasteiger partial charge in [-0.15, -0.1) is 9.48 Å². The van der Waals surface area contributed by atoms with Crippen LogP contribution < -0.4 is 15.2 Å². The van der Waals surface area contributed by atoms with Gasteiger partial charge in [0.15, 0.2) is 11.5 Å². The Bertz CT molecular complexity index is 1730. The largest absolute Gasteiger partial charge is 0.485 e. The number of imidazole rings is 1. The highest BCUT2D eigenvalue weighted by atomic mass is 16.9. The fourth-order valence-electron chi connectivity index (χ4n) is 6.47. The molecule has 3 heterocycles. The van der Waals surface area contributed by atoms with Crippen LogP contribution in [0.25, 0.3) is 11.0 Å². The summed E-state index contributed by atoms with van der Waals surface area (Å²) >= 11 is 0. The molecule has 7 nitrogen and oxygen atoms in total. The summed E-state index contributed by atoms with van der Waals surface area (Å²) in [7, 11) is 0. The summed E-state index contributed by atoms with van der Waals surface area (Å²) in [5, 5.41) is 0. The number of para-hydroxylation sites is 2. The fraction of sp³-hybridized carbons (Fsp3) is 0.265. The molecule has 0 amide bonds. The van der Waals surface area contributed by atoms with E-state index in [1.807, 2.05) is 71.3 Å². The molecule has 1 aromatic heterocycles. The van der Waals surface area contributed by atoms with Crippen molar-refractivity contribution in [1.82, 2.24) is 9.55 Å². The van der Waals surface area contributed by atoms with Gasteiger partial charge in [0.1, 0.15) is 26.3 Å². The van der Waals surface area contributed by atoms with Gasteiger partial charge in [0.2, 0.25) is 0 Å². The highest BCUT2D eigenvalue weighted by Crippen LogP contribution is 2.61. The first kappa shape index (κ1) is 25.6. The number of piperidine rings is 1. The van der Waals surface area contributed by atoms with Crippen LogP contribution in [0.5, 0.6) is 11.5 Å². The number of nitrogens with zero attached hydrogens (tertiary/aromatic N) is 2. The number of rotatable bonds is 9. The third-order valence-corrected chi connectivity index (χ3v) is 8.66. The maximum atomic E-state index is 13.1. The minimum atomic E-state index is -0.543. The lowest BCUT2D eigenvalue weighted by Gasteiger charge is -2.29. The van der Waals surface area contributed by atoms with Gasteiger partial charge in [-0.3, -0.25) is 4.57 Å². The van der Waals surface area contributed by atoms with E-state index in [1.54, 1.807) is 0 Å². The summed E-state index contributed by atoms with van der Waals surface area (Å²) < 4.78 is 15.2. The van der Waals surface area contributed by atoms with E-state index < -0.39 is 5.72 Å². The first-order valence-corrected chi connectivity index (χ1v) is 14.4. The van der Waals surface area contributed by atoms with Crippen LogP contribution in [0.15, 0.2) is 108 Å². The van der Waals surface area contributed by atoms with E-state index in [-0.39, 0.29) is 11.7 Å². The molecule has 2 aliphatic rings. The second-order valence-corrected chi connectivity index (χ2v) is 11.0. The molecule has 3 unspecified atom stereocenters. The lowest BCUT2D eigenvalue weighted by molar-refractivity contribution is -0.934. The molecule has 208 valence electrons. The number of hydrogen-bond donors (Lipinski definition) is 1. The molecule has 1 N–H and O–H groups in total. The zero-order chi connectivity index (χ0) is 27.9. The molecule has 41 heavy (non-hydrogen) atoms. The van der Waals surface area contributed by atoms with Crippen LogP contribution in [-0.2, 0) is 23.8 Å². The number of ether oxygens (including phenoxy) is 2. The van der Waals surface area contributed by atoms with Gasteiger partial charge < -0.3 is 14.5 Å². The van der Waals surface area contributed by atoms with E-state index in [0.29, 0.717) is 35.8 Å². The van der Waals surface area contributed by atoms with Crippen LogP contribution in [-0.4, -0.2) is 27.3 Å². The van der Waals surface area contributed by atoms with Gasteiger partial charge in [-0.2, -0.15) is 0 Å². The number of H-pyrrole nitrogens is 1. The van der Waals surface area contributed by atoms with E-state index in [9.17, 15) is 4.79 Å². The SMILES string of the molecule is CC[N+]12CCC(n3c(=O)[nH]c4ccccc43)CC1(c1ccc(OCc3ccccc3)c(OCc3ccccc3)c1)O2. The quantitative estimate of drug-likeness (QED) is 0.170. The molecule has 7 rings (SSSR count). The zero-order valence-corrected chi connectivity index (χ0v) is 23.2. The summed E-state index contributed by atoms with van der Waals surface area (Å²) in [6.07, 6.45) is 1.57. The number of quaternary nitrogens is 1. The molecule has 2 saturated heterocycles. The topological polar surface area (TPSA) is 68.8 Å². The lowest BCUT2D eigenvalue weighted by atomic mass is 9.90. The maximum absolute atomic E-state index is 13.1. The minimum absolute atomic E-state index is 0.0154. The number of nitrogens with one attached hydrogen (secondary N) is 1. The third-order valence-electron chi connectivity index (χ3n) is 8.66. The van der Waals surface area contributed by atoms with Crippen molar-refractivity contribution in [3.63, 3.8) is 0 Å². The van der Waals surface area contributed by atoms with Crippen LogP contribution in [0.2, 0.25) is 0 Å². The van der Waals surface area contributed by atoms with Crippen LogP contribution in [0.3, 0.4) is 0 Å². The lowest BCUT2D eigenvalue weighted by Crippen LogP contribution is -2.43. The molecule has 4 aromatic carbocycles. The van der Waals surface area contributed by atoms with Crippen LogP contribution in [0.1, 0.15) is 42.5 Å². The first-order chi connectivity index (χ1) is 20.1. The predicted molar refractivity (Wildman–Crippen MR) is 157 cm³/mol. The number of benzene rings is 4. The molecule has 0 aliphatic carbocycles. The van der Waals surface area contributed by atoms with E-state index in [2.05, 4.69) is 48.3 Å². The second kappa shape index (κ2) is 10.3. The van der Waals surface area contributed by atoms with Crippen molar-refractivity contribution in [2.24, 2.45) is 0 Å². The van der Waals surface area contributed by atoms with Crippen LogP contribution in [0.4, 0.5) is 0 Å². The van der Waals surface area contributed by atoms with E-state index >= 15 is 0 Å². The van der Waals surface area contributed by atoms with Crippen LogP contribution in [0, 0.1) is 0 Å². The smallest absolute Gasteiger partial charge is 0.326 e. The monoisotopic (exact) mass is 548 g/mol. The summed E-state index contributed by atoms with van der Waals surface area (Å²) in [6.45, 7) is 4.73. The Kier molecular flexibility index (Phi) is 6.41. The van der Waals surface area contributed by atoms with Gasteiger partial charge in [0.25, 0.3) is 0 Å². The molecule has 2 fully saturated rings. The number of fused-ring (bicyclic) bond motifs is 2. The molecule has 0 radical (unpaired) electrons. The van der Waals surface area contributed by atoms with Gasteiger partial charge in [0, 0.05) is 6.42 Å². The summed E-state index contributed by atoms with van der Waals surface area (Å²) in [5.74, 6) is 1.38. The van der Waals surface area contributed by atoms with E-state index in [4.69, 9.17) is 14.3 Å². The highest BCUT2D eigenvalue weighted by molar-refractivity contribution is 5.75. The molecule has 5 aromatic rings. The molecular formula is C34H34N3O4+. The molecule has 0 saturated carbocycles. The standard InChI is InChI=1S/C34H33N3O4/c1-2-37-20-19-28(36-30-16-10-9-15-29(30)35-33(36)38)22-34(37,41-37)27-17-18-31(39-23-25-11-5-3-6-12-25)32(21-27)40-24-26-13-7-4-8-14-26/h3-18,21,28H,2,19-20,22-24H2,1H3/p+1. The van der Waals surface area contributed by atoms with Gasteiger partial charge in [-0.25, -0.2) is 4.79 Å². The fourth-order valence-corrected chi connectivity index (χ4v) is 6.47. The number of hydrogen-bond acceptors (Lipinski definition) is 4. The summed E-state index contributed by atoms with van der Waals surface area (Å²) in [6, 6.07) is 34.4. The molecular weight excluding hydrogens is 514 g/mol. The average Bonchev–Trinajstić information content (AvgIpc) is 3.60. The Balaban J connectivity index is 1.23. The van der Waals surface area contributed by atoms with Crippen molar-refractivity contribution >= 4 is 11.0 Å². The van der Waals surface area contributed by atoms with Crippen molar-refractivity contribution in [3.8, 4) is 11.5 Å². The van der Waals surface area contributed by atoms with Gasteiger partial charge >= 0.3 is 11.4 Å². The Labute approximate surface area is 239 Å². The van der Waals surface area contributed by atoms with Gasteiger partial charge in [0.05, 0.1) is 29.1 Å². The van der Waals surface area contributed by atoms with Crippen molar-refractivity contribution in [2.75, 3.05) is 13.1 Å². The Morgan fingerprint density at radius 2 is 1.54 bits per heavy atom. The van der Waals surface area contributed by atoms with E-state index in [0.717, 1.165) is 47.2 Å². The van der Waals surface area contributed by atoms with Crippen molar-refractivity contribution in [1.29, 1.82) is 0 Å². The molecule has 3 atom stereocenters. The molecule has 0 bridgehead atoms. The normalized spacial score (nSPS) is 23.2. The highest BCUT2D eigenvalue weighted by Gasteiger charge is 2.76. The van der Waals surface area contributed by atoms with Crippen molar-refractivity contribution in [3.05, 3.63) is 130 Å². The minimum Gasteiger partial charge on any atom is -0.485 e. The molecule has 0 spiro atoms. The third kappa shape index (κ3) is 4.51. The zero-order valence-electron chi connectivity index (χ0n) is 23.2. The first-order valence-electron chi connectivity index (χ1n) is 14.4. The number of aromatic amines is 1. The summed E-state index contributed by atoms with van der Waals surface area (Å²) in [4.78, 5) is 22.8. The van der Waals surface area contributed by atoms with Crippen molar-refractivity contribution < 1.29 is 19.0 Å². The average molecular weight is 549 g/mol. The number of hydroxylamine groups is 3. The molecule has 2 aliphatic heterocycles. The van der Waals surface area contributed by atoms with Gasteiger partial charge in [-0.1, -0.05) is 72.8 Å². The predicted octanol–water partition coefficient (Wildman–Crippen LogP) is 6.46. The van der Waals surface area contributed by atoms with Crippen molar-refractivity contribution in [2.45, 2.75) is 44.7 Å². The Morgan fingerprint density at radius 1 is 0.878 bits per heavy atom. The molecule has 7 heteroatoms. The second-order valence-electron chi connectivity index (χ2n) is 11.0. The van der Waals surface area contributed by atoms with E-state index in [1.165, 1.54) is 0 Å². The van der Waals surface area contributed by atoms with Gasteiger partial charge in [-0.05, 0) is 48.4 Å². The Morgan fingerprint density at radius 3 is 2.24 bits per heavy atom. The summed E-state index contributed by atoms with van der Waals surface area (Å²) in [5.41, 5.74) is 4.41. The van der Waals surface area contributed by atoms with Crippen LogP contribution >= 0.6 is 0 Å². The Hall–Kier alpha value is -4.33. The maximum Gasteiger partial charge on any atom is 0.326 e. The number of aromatic nitrogens is 2.